The summed E-state index contributed by atoms with van der Waals surface area (Å²) in [7, 11) is -7.97. The molecule has 0 aromatic heterocycles. The summed E-state index contributed by atoms with van der Waals surface area (Å²) in [5.41, 5.74) is 5.41. The smallest absolute Gasteiger partial charge is 0.303 e. The van der Waals surface area contributed by atoms with Crippen molar-refractivity contribution in [2.45, 2.75) is 36.0 Å². The summed E-state index contributed by atoms with van der Waals surface area (Å²) >= 11 is 0. The quantitative estimate of drug-likeness (QED) is 0.0189. The third-order valence-electron chi connectivity index (χ3n) is 8.54. The van der Waals surface area contributed by atoms with Crippen molar-refractivity contribution in [3.05, 3.63) is 94.0 Å². The molecule has 61 heavy (non-hydrogen) atoms. The highest BCUT2D eigenvalue weighted by molar-refractivity contribution is 7.87. The number of nitrogen functional groups attached to an aromatic ring is 1. The lowest BCUT2D eigenvalue weighted by Crippen LogP contribution is -2.07. The average Bonchev–Trinajstić information content (AvgIpc) is 3.22. The number of azo groups is 3. The van der Waals surface area contributed by atoms with Gasteiger partial charge in [0, 0.05) is 30.4 Å². The third-order valence-corrected chi connectivity index (χ3v) is 11.1. The van der Waals surface area contributed by atoms with Crippen molar-refractivity contribution in [3.8, 4) is 11.5 Å². The van der Waals surface area contributed by atoms with E-state index >= 15 is 0 Å². The van der Waals surface area contributed by atoms with E-state index in [2.05, 4.69) is 34.9 Å². The van der Waals surface area contributed by atoms with E-state index < -0.39 is 92.4 Å². The Morgan fingerprint density at radius 1 is 0.803 bits per heavy atom. The topological polar surface area (TPSA) is 331 Å². The Morgan fingerprint density at radius 2 is 1.44 bits per heavy atom. The number of nitro benzene ring substituents is 1. The van der Waals surface area contributed by atoms with E-state index in [1.54, 1.807) is 37.3 Å². The van der Waals surface area contributed by atoms with E-state index in [9.17, 15) is 46.4 Å². The van der Waals surface area contributed by atoms with Crippen LogP contribution in [0.4, 0.5) is 45.5 Å². The number of hydrogen-bond donors (Lipinski definition) is 3. The molecule has 4 N–H and O–H groups in total. The van der Waals surface area contributed by atoms with Crippen LogP contribution in [0.3, 0.4) is 0 Å². The number of nitro groups is 1. The number of carboxylic acid groups (broad SMARTS) is 1. The standard InChI is InChI=1S/C37H32N8O14S2/c1-20-13-23(8-11-27(20)41-39-22-5-4-6-25(16-22)59-19-46)40-43-29-18-31(60(53,54)57-2)26-17-32(61(55,56)58-3)36(37(50)34(26)35(29)38)44-42-28-10-7-21(15-30(28)45(51)52)14-24(47)9-12-33(48)49/h4-8,10-11,13,15-19,50H,9,12,14,38H2,1-3H3,(H,48,49). The second kappa shape index (κ2) is 18.7. The molecule has 0 aliphatic heterocycles. The van der Waals surface area contributed by atoms with Gasteiger partial charge < -0.3 is 20.7 Å². The van der Waals surface area contributed by atoms with Crippen LogP contribution >= 0.6 is 0 Å². The van der Waals surface area contributed by atoms with Crippen molar-refractivity contribution in [3.63, 3.8) is 0 Å². The lowest BCUT2D eigenvalue weighted by atomic mass is 10.0. The number of rotatable bonds is 18. The Kier molecular flexibility index (Phi) is 13.7. The number of aliphatic carboxylic acids is 1. The molecule has 0 fully saturated rings. The molecule has 0 radical (unpaired) electrons. The van der Waals surface area contributed by atoms with Crippen LogP contribution in [0.2, 0.25) is 0 Å². The van der Waals surface area contributed by atoms with Crippen LogP contribution in [-0.2, 0) is 49.4 Å². The largest absolute Gasteiger partial charge is 0.505 e. The summed E-state index contributed by atoms with van der Waals surface area (Å²) in [6, 6.07) is 16.0. The summed E-state index contributed by atoms with van der Waals surface area (Å²) in [5, 5.41) is 55.7. The normalized spacial score (nSPS) is 12.1. The summed E-state index contributed by atoms with van der Waals surface area (Å²) < 4.78 is 67.1. The van der Waals surface area contributed by atoms with Gasteiger partial charge in [-0.25, -0.2) is 0 Å². The van der Waals surface area contributed by atoms with Crippen LogP contribution in [-0.4, -0.2) is 64.4 Å². The first-order valence-electron chi connectivity index (χ1n) is 17.2. The number of fused-ring (bicyclic) bond motifs is 1. The highest BCUT2D eigenvalue weighted by atomic mass is 32.2. The van der Waals surface area contributed by atoms with Crippen LogP contribution in [0.1, 0.15) is 24.0 Å². The number of anilines is 1. The maximum Gasteiger partial charge on any atom is 0.303 e. The van der Waals surface area contributed by atoms with E-state index in [1.807, 2.05) is 0 Å². The number of ether oxygens (including phenoxy) is 1. The van der Waals surface area contributed by atoms with Crippen molar-refractivity contribution in [2.24, 2.45) is 30.7 Å². The monoisotopic (exact) mass is 876 g/mol. The molecule has 0 heterocycles. The minimum absolute atomic E-state index is 0.139. The van der Waals surface area contributed by atoms with Gasteiger partial charge in [-0.05, 0) is 66.6 Å². The number of ketones is 1. The Morgan fingerprint density at radius 3 is 2.08 bits per heavy atom. The first-order chi connectivity index (χ1) is 28.9. The number of carbonyl (C=O) groups is 3. The lowest BCUT2D eigenvalue weighted by Gasteiger charge is -2.15. The van der Waals surface area contributed by atoms with Crippen molar-refractivity contribution in [1.29, 1.82) is 0 Å². The van der Waals surface area contributed by atoms with E-state index in [4.69, 9.17) is 19.8 Å². The van der Waals surface area contributed by atoms with Gasteiger partial charge in [0.2, 0.25) is 0 Å². The SMILES string of the molecule is COS(=O)(=O)c1cc2c(S(=O)(=O)OC)cc(N=Nc3ccc(N=Nc4cccc(OC=O)c4)c(C)c3)c(N)c2c(O)c1N=Nc1ccc(CC(=O)CCC(=O)O)cc1[N+](=O)[O-]. The Balaban J connectivity index is 1.61. The van der Waals surface area contributed by atoms with Crippen LogP contribution in [0, 0.1) is 17.0 Å². The Hall–Kier alpha value is -7.41. The van der Waals surface area contributed by atoms with Gasteiger partial charge in [0.15, 0.2) is 11.4 Å². The number of phenolic OH excluding ortho intramolecular Hbond substituents is 1. The molecule has 0 saturated carbocycles. The molecule has 0 spiro atoms. The molecule has 0 saturated heterocycles. The van der Waals surface area contributed by atoms with Gasteiger partial charge in [0.05, 0.1) is 53.7 Å². The highest BCUT2D eigenvalue weighted by Crippen LogP contribution is 2.49. The van der Waals surface area contributed by atoms with Crippen LogP contribution in [0.25, 0.3) is 10.8 Å². The molecule has 0 aliphatic carbocycles. The number of nitrogens with two attached hydrogens (primary N) is 1. The van der Waals surface area contributed by atoms with Crippen molar-refractivity contribution in [2.75, 3.05) is 20.0 Å². The van der Waals surface area contributed by atoms with Crippen molar-refractivity contribution < 1.29 is 59.5 Å². The van der Waals surface area contributed by atoms with Crippen LogP contribution in [0.15, 0.2) is 113 Å². The van der Waals surface area contributed by atoms with Crippen molar-refractivity contribution in [1.82, 2.24) is 0 Å². The second-order valence-electron chi connectivity index (χ2n) is 12.5. The molecule has 5 aromatic rings. The molecule has 0 atom stereocenters. The molecule has 316 valence electrons. The molecule has 22 nitrogen and oxygen atoms in total. The van der Waals surface area contributed by atoms with Gasteiger partial charge in [-0.3, -0.25) is 32.9 Å². The molecule has 0 aliphatic rings. The maximum atomic E-state index is 13.3. The minimum atomic E-state index is -4.85. The number of aromatic hydroxyl groups is 1. The second-order valence-corrected chi connectivity index (χ2v) is 15.9. The highest BCUT2D eigenvalue weighted by Gasteiger charge is 2.30. The number of nitrogens with zero attached hydrogens (tertiary/aromatic N) is 7. The average molecular weight is 877 g/mol. The molecule has 5 aromatic carbocycles. The molecule has 0 amide bonds. The Bertz CT molecular complexity index is 2920. The fourth-order valence-corrected chi connectivity index (χ4v) is 7.24. The molecule has 24 heteroatoms. The number of Topliss-reactive ketones (excluding diaryl/α,β-unsaturated/α-hetero) is 1. The fraction of sp³-hybridized carbons (Fsp3) is 0.162. The van der Waals surface area contributed by atoms with Crippen LogP contribution < -0.4 is 10.5 Å². The lowest BCUT2D eigenvalue weighted by molar-refractivity contribution is -0.384. The fourth-order valence-electron chi connectivity index (χ4n) is 5.55. The van der Waals surface area contributed by atoms with E-state index in [0.717, 1.165) is 38.5 Å². The van der Waals surface area contributed by atoms with Crippen molar-refractivity contribution >= 4 is 94.7 Å². The maximum absolute atomic E-state index is 13.3. The van der Waals surface area contributed by atoms with Gasteiger partial charge >= 0.3 is 5.97 Å². The molecule has 0 unspecified atom stereocenters. The Labute approximate surface area is 345 Å². The predicted octanol–water partition coefficient (Wildman–Crippen LogP) is 7.77. The number of hydrogen-bond acceptors (Lipinski definition) is 20. The number of carbonyl (C=O) groups excluding carboxylic acids is 2. The molecular weight excluding hydrogens is 845 g/mol. The molecule has 5 rings (SSSR count). The zero-order chi connectivity index (χ0) is 44.6. The number of carboxylic acids is 1. The summed E-state index contributed by atoms with van der Waals surface area (Å²) in [4.78, 5) is 43.2. The van der Waals surface area contributed by atoms with Crippen LogP contribution in [0.5, 0.6) is 11.5 Å². The molecule has 0 bridgehead atoms. The first kappa shape index (κ1) is 44.7. The van der Waals surface area contributed by atoms with Gasteiger partial charge in [-0.15, -0.1) is 15.3 Å². The number of phenols is 1. The summed E-state index contributed by atoms with van der Waals surface area (Å²) in [6.07, 6.45) is -1.10. The number of aryl methyl sites for hydroxylation is 1. The third kappa shape index (κ3) is 10.4. The van der Waals surface area contributed by atoms with Gasteiger partial charge in [-0.1, -0.05) is 12.1 Å². The van der Waals surface area contributed by atoms with Gasteiger partial charge in [0.25, 0.3) is 32.4 Å². The van der Waals surface area contributed by atoms with Gasteiger partial charge in [0.1, 0.15) is 32.7 Å². The first-order valence-corrected chi connectivity index (χ1v) is 20.0. The minimum Gasteiger partial charge on any atom is -0.505 e. The zero-order valence-electron chi connectivity index (χ0n) is 31.9. The zero-order valence-corrected chi connectivity index (χ0v) is 33.6. The summed E-state index contributed by atoms with van der Waals surface area (Å²) in [6.45, 7) is 1.97. The number of benzene rings is 5. The summed E-state index contributed by atoms with van der Waals surface area (Å²) in [5.74, 6) is -2.50. The van der Waals surface area contributed by atoms with E-state index in [-0.39, 0.29) is 42.0 Å². The molecular formula is C37H32N8O14S2. The van der Waals surface area contributed by atoms with E-state index in [1.165, 1.54) is 18.2 Å². The predicted molar refractivity (Wildman–Crippen MR) is 214 cm³/mol. The van der Waals surface area contributed by atoms with Gasteiger partial charge in [-0.2, -0.15) is 32.2 Å². The van der Waals surface area contributed by atoms with E-state index in [0.29, 0.717) is 16.9 Å².